The van der Waals surface area contributed by atoms with E-state index in [1.165, 1.54) is 47.2 Å². The van der Waals surface area contributed by atoms with Crippen molar-refractivity contribution in [2.24, 2.45) is 0 Å². The molecule has 0 radical (unpaired) electrons. The van der Waals surface area contributed by atoms with Gasteiger partial charge in [-0.25, -0.2) is 0 Å². The Hall–Kier alpha value is -4.72. The summed E-state index contributed by atoms with van der Waals surface area (Å²) in [5.74, 6) is 2.35. The Morgan fingerprint density at radius 2 is 1.29 bits per heavy atom. The van der Waals surface area contributed by atoms with E-state index in [1.807, 2.05) is 12.1 Å². The van der Waals surface area contributed by atoms with E-state index in [1.54, 1.807) is 37.3 Å². The highest BCUT2D eigenvalue weighted by Gasteiger charge is 2.34. The maximum absolute atomic E-state index is 5.38. The van der Waals surface area contributed by atoms with Crippen LogP contribution in [0.5, 0.6) is 11.5 Å². The summed E-state index contributed by atoms with van der Waals surface area (Å²) in [6.07, 6.45) is 6.73. The van der Waals surface area contributed by atoms with Crippen molar-refractivity contribution in [1.29, 1.82) is 0 Å². The Labute approximate surface area is 318 Å². The lowest BCUT2D eigenvalue weighted by Gasteiger charge is -2.48. The van der Waals surface area contributed by atoms with Crippen LogP contribution in [0.25, 0.3) is 16.3 Å². The van der Waals surface area contributed by atoms with Crippen molar-refractivity contribution in [1.82, 2.24) is 0 Å². The Balaban J connectivity index is 0.000000183. The number of fused-ring (bicyclic) bond motifs is 2. The zero-order chi connectivity index (χ0) is 36.5. The maximum Gasteiger partial charge on any atom is 0.262 e. The van der Waals surface area contributed by atoms with Crippen LogP contribution in [0.3, 0.4) is 0 Å². The molecule has 0 amide bonds. The van der Waals surface area contributed by atoms with Crippen LogP contribution in [0.2, 0.25) is 5.82 Å². The number of aromatic nitrogens is 1. The molecule has 0 spiro atoms. The van der Waals surface area contributed by atoms with E-state index in [2.05, 4.69) is 171 Å². The van der Waals surface area contributed by atoms with Crippen LogP contribution in [-0.2, 0) is 6.54 Å². The molecule has 1 aromatic heterocycles. The highest BCUT2D eigenvalue weighted by molar-refractivity contribution is 8.03. The summed E-state index contributed by atoms with van der Waals surface area (Å²) in [4.78, 5) is 3.58. The van der Waals surface area contributed by atoms with Crippen LogP contribution in [-0.4, -0.2) is 26.9 Å². The fourth-order valence-corrected chi connectivity index (χ4v) is 10.1. The topological polar surface area (TPSA) is 25.6 Å². The van der Waals surface area contributed by atoms with Gasteiger partial charge >= 0.3 is 0 Å². The molecule has 2 heterocycles. The minimum absolute atomic E-state index is 0.558. The number of thioether (sulfide) groups is 1. The number of benzene rings is 5. The first-order valence-electron chi connectivity index (χ1n) is 18.3. The van der Waals surface area contributed by atoms with Crippen LogP contribution in [0.4, 0.5) is 5.69 Å². The van der Waals surface area contributed by atoms with Crippen molar-refractivity contribution in [2.75, 3.05) is 25.7 Å². The second-order valence-corrected chi connectivity index (χ2v) is 15.2. The Bertz CT molecular complexity index is 2030. The molecule has 7 rings (SSSR count). The molecule has 0 N–H and O–H groups in total. The quantitative estimate of drug-likeness (QED) is 0.0982. The number of nitrogens with zero attached hydrogens (tertiary/aromatic N) is 2. The lowest BCUT2D eigenvalue weighted by atomic mass is 9.10. The van der Waals surface area contributed by atoms with E-state index in [0.717, 1.165) is 31.0 Å². The second kappa shape index (κ2) is 17.2. The van der Waals surface area contributed by atoms with Gasteiger partial charge in [0.25, 0.3) is 5.01 Å². The van der Waals surface area contributed by atoms with Gasteiger partial charge < -0.3 is 14.4 Å². The number of methoxy groups -OCH3 is 2. The molecule has 7 heteroatoms. The fraction of sp³-hybridized carbons (Fsp3) is 0.222. The molecule has 6 aromatic rings. The summed E-state index contributed by atoms with van der Waals surface area (Å²) in [5.41, 5.74) is 6.78. The molecule has 4 nitrogen and oxygen atoms in total. The SMILES string of the molecule is CCC(C)[B-](c1ccccc1)(c1ccccc1)c1ccccc1.CCN1/C(=C/C=C/c2sc3cc(OC)ccc3[n+]2CC)Sc2cc(OC)ccc21. The van der Waals surface area contributed by atoms with E-state index in [4.69, 9.17) is 9.47 Å². The molecule has 0 aliphatic carbocycles. The first-order chi connectivity index (χ1) is 25.5. The molecular formula is C45H49BN2O2S2. The van der Waals surface area contributed by atoms with Gasteiger partial charge in [0.15, 0.2) is 0 Å². The molecule has 0 saturated carbocycles. The second-order valence-electron chi connectivity index (χ2n) is 13.1. The number of anilines is 1. The zero-order valence-electron chi connectivity index (χ0n) is 31.2. The molecule has 52 heavy (non-hydrogen) atoms. The lowest BCUT2D eigenvalue weighted by molar-refractivity contribution is -0.665. The van der Waals surface area contributed by atoms with Crippen LogP contribution < -0.4 is 35.3 Å². The summed E-state index contributed by atoms with van der Waals surface area (Å²) in [6, 6.07) is 45.7. The van der Waals surface area contributed by atoms with Crippen LogP contribution in [0.1, 0.15) is 39.1 Å². The summed E-state index contributed by atoms with van der Waals surface area (Å²) < 4.78 is 14.3. The Morgan fingerprint density at radius 3 is 1.81 bits per heavy atom. The van der Waals surface area contributed by atoms with Gasteiger partial charge in [-0.15, -0.1) is 0 Å². The Morgan fingerprint density at radius 1 is 0.731 bits per heavy atom. The first kappa shape index (κ1) is 37.1. The van der Waals surface area contributed by atoms with Crippen LogP contribution >= 0.6 is 23.1 Å². The smallest absolute Gasteiger partial charge is 0.262 e. The number of ether oxygens (including phenoxy) is 2. The summed E-state index contributed by atoms with van der Waals surface area (Å²) >= 11 is 3.58. The zero-order valence-corrected chi connectivity index (χ0v) is 32.8. The van der Waals surface area contributed by atoms with Crippen molar-refractivity contribution in [3.8, 4) is 11.5 Å². The first-order valence-corrected chi connectivity index (χ1v) is 20.0. The van der Waals surface area contributed by atoms with Gasteiger partial charge in [0.2, 0.25) is 5.52 Å². The number of hydrogen-bond donors (Lipinski definition) is 0. The molecule has 1 aliphatic heterocycles. The summed E-state index contributed by atoms with van der Waals surface area (Å²) in [7, 11) is 3.42. The molecule has 0 fully saturated rings. The van der Waals surface area contributed by atoms with Gasteiger partial charge in [-0.05, 0) is 44.2 Å². The van der Waals surface area contributed by atoms with E-state index in [0.29, 0.717) is 5.82 Å². The molecule has 1 aliphatic rings. The molecular weight excluding hydrogens is 675 g/mol. The highest BCUT2D eigenvalue weighted by Crippen LogP contribution is 2.47. The summed E-state index contributed by atoms with van der Waals surface area (Å²) in [5, 5.41) is 2.47. The van der Waals surface area contributed by atoms with Gasteiger partial charge in [-0.3, -0.25) is 0 Å². The van der Waals surface area contributed by atoms with Gasteiger partial charge in [-0.2, -0.15) is 26.8 Å². The third-order valence-corrected chi connectivity index (χ3v) is 12.7. The molecule has 5 aromatic carbocycles. The van der Waals surface area contributed by atoms with Crippen LogP contribution in [0, 0.1) is 0 Å². The third-order valence-electron chi connectivity index (χ3n) is 10.5. The van der Waals surface area contributed by atoms with E-state index in [-0.39, 0.29) is 0 Å². The number of aryl methyl sites for hydroxylation is 1. The predicted octanol–water partition coefficient (Wildman–Crippen LogP) is 9.67. The van der Waals surface area contributed by atoms with Gasteiger partial charge in [0, 0.05) is 29.6 Å². The minimum Gasteiger partial charge on any atom is -0.497 e. The average molecular weight is 725 g/mol. The third kappa shape index (κ3) is 7.44. The molecule has 0 saturated heterocycles. The van der Waals surface area contributed by atoms with Crippen molar-refractivity contribution in [3.05, 3.63) is 150 Å². The molecule has 1 atom stereocenters. The van der Waals surface area contributed by atoms with Gasteiger partial charge in [-0.1, -0.05) is 140 Å². The number of allylic oxidation sites excluding steroid dienone is 2. The molecule has 266 valence electrons. The normalized spacial score (nSPS) is 14.0. The van der Waals surface area contributed by atoms with E-state index < -0.39 is 6.15 Å². The van der Waals surface area contributed by atoms with Crippen molar-refractivity contribution in [2.45, 2.75) is 51.4 Å². The predicted molar refractivity (Wildman–Crippen MR) is 227 cm³/mol. The van der Waals surface area contributed by atoms with E-state index >= 15 is 0 Å². The largest absolute Gasteiger partial charge is 0.497 e. The Kier molecular flexibility index (Phi) is 12.3. The average Bonchev–Trinajstić information content (AvgIpc) is 3.75. The molecule has 0 bridgehead atoms. The van der Waals surface area contributed by atoms with Crippen molar-refractivity contribution in [3.63, 3.8) is 0 Å². The number of thiazole rings is 1. The molecule has 1 unspecified atom stereocenters. The maximum atomic E-state index is 5.38. The number of rotatable bonds is 11. The van der Waals surface area contributed by atoms with Gasteiger partial charge in [0.05, 0.1) is 31.1 Å². The van der Waals surface area contributed by atoms with Crippen molar-refractivity contribution >= 4 is 67.6 Å². The van der Waals surface area contributed by atoms with Gasteiger partial charge in [0.1, 0.15) is 22.7 Å². The summed E-state index contributed by atoms with van der Waals surface area (Å²) in [6.45, 7) is 10.9. The minimum atomic E-state index is -0.974. The highest BCUT2D eigenvalue weighted by atomic mass is 32.2. The number of hydrogen-bond acceptors (Lipinski definition) is 5. The lowest BCUT2D eigenvalue weighted by Crippen LogP contribution is -2.69. The fourth-order valence-electron chi connectivity index (χ4n) is 7.72. The standard InChI is InChI=1S/C23H25N2O2S2.C22H24B/c1-5-24-18-12-10-16(26-3)14-20(18)28-22(24)8-7-9-23-25(6-2)19-13-11-17(27-4)15-21(19)29-23;1-3-19(2)23(20-13-7-4-8-14-20,21-15-9-5-10-16-21)22-17-11-6-12-18-22/h7-15H,5-6H2,1-4H3;4-19H,3H2,1-2H3/q+1;-1. The monoisotopic (exact) mass is 724 g/mol. The van der Waals surface area contributed by atoms with Crippen LogP contribution in [0.15, 0.2) is 149 Å². The van der Waals surface area contributed by atoms with E-state index in [9.17, 15) is 0 Å². The van der Waals surface area contributed by atoms with Crippen molar-refractivity contribution < 1.29 is 14.0 Å².